The highest BCUT2D eigenvalue weighted by Crippen LogP contribution is 2.16. The van der Waals surface area contributed by atoms with Gasteiger partial charge < -0.3 is 19.9 Å². The molecule has 0 saturated carbocycles. The standard InChI is InChI=1S/C15H23N3O3/c19-12-13-6-5-11-18(13)15(21)16-8-2-4-10-17-9-3-1-7-14(17)20/h1,3,7,9,13,19H,2,4-6,8,10-12H2,(H,16,21)/t13-/m0/s1. The van der Waals surface area contributed by atoms with E-state index >= 15 is 0 Å². The molecule has 0 spiro atoms. The van der Waals surface area contributed by atoms with Gasteiger partial charge in [0.15, 0.2) is 0 Å². The molecule has 2 amide bonds. The second-order valence-electron chi connectivity index (χ2n) is 5.34. The fraction of sp³-hybridized carbons (Fsp3) is 0.600. The summed E-state index contributed by atoms with van der Waals surface area (Å²) >= 11 is 0. The largest absolute Gasteiger partial charge is 0.394 e. The number of unbranched alkanes of at least 4 members (excludes halogenated alkanes) is 1. The summed E-state index contributed by atoms with van der Waals surface area (Å²) < 4.78 is 1.67. The SMILES string of the molecule is O=C(NCCCCn1ccccc1=O)N1CCC[C@H]1CO. The molecule has 1 aromatic heterocycles. The second-order valence-corrected chi connectivity index (χ2v) is 5.34. The molecule has 6 heteroatoms. The van der Waals surface area contributed by atoms with Crippen LogP contribution in [0.4, 0.5) is 4.79 Å². The van der Waals surface area contributed by atoms with Gasteiger partial charge in [-0.3, -0.25) is 4.79 Å². The summed E-state index contributed by atoms with van der Waals surface area (Å²) in [6, 6.07) is 4.99. The zero-order chi connectivity index (χ0) is 15.1. The van der Waals surface area contributed by atoms with E-state index < -0.39 is 0 Å². The number of aryl methyl sites for hydroxylation is 1. The first kappa shape index (κ1) is 15.6. The van der Waals surface area contributed by atoms with Crippen molar-refractivity contribution in [2.75, 3.05) is 19.7 Å². The van der Waals surface area contributed by atoms with Gasteiger partial charge >= 0.3 is 6.03 Å². The highest BCUT2D eigenvalue weighted by Gasteiger charge is 2.27. The van der Waals surface area contributed by atoms with Crippen LogP contribution in [0.3, 0.4) is 0 Å². The molecule has 21 heavy (non-hydrogen) atoms. The molecule has 2 N–H and O–H groups in total. The molecule has 0 radical (unpaired) electrons. The number of rotatable bonds is 6. The first-order chi connectivity index (χ1) is 10.2. The van der Waals surface area contributed by atoms with Crippen molar-refractivity contribution < 1.29 is 9.90 Å². The van der Waals surface area contributed by atoms with Crippen LogP contribution in [0.5, 0.6) is 0 Å². The lowest BCUT2D eigenvalue weighted by Gasteiger charge is -2.23. The molecule has 1 saturated heterocycles. The Balaban J connectivity index is 1.65. The lowest BCUT2D eigenvalue weighted by molar-refractivity contribution is 0.157. The molecule has 1 aliphatic heterocycles. The highest BCUT2D eigenvalue weighted by molar-refractivity contribution is 5.74. The van der Waals surface area contributed by atoms with Crippen molar-refractivity contribution in [2.24, 2.45) is 0 Å². The molecular formula is C15H23N3O3. The summed E-state index contributed by atoms with van der Waals surface area (Å²) in [6.07, 6.45) is 5.27. The Morgan fingerprint density at radius 3 is 3.00 bits per heavy atom. The van der Waals surface area contributed by atoms with Crippen molar-refractivity contribution in [3.8, 4) is 0 Å². The Labute approximate surface area is 124 Å². The van der Waals surface area contributed by atoms with E-state index in [0.29, 0.717) is 13.1 Å². The zero-order valence-electron chi connectivity index (χ0n) is 12.2. The van der Waals surface area contributed by atoms with Gasteiger partial charge in [0.05, 0.1) is 12.6 Å². The summed E-state index contributed by atoms with van der Waals surface area (Å²) in [7, 11) is 0. The third-order valence-corrected chi connectivity index (χ3v) is 3.85. The maximum atomic E-state index is 12.0. The number of aliphatic hydroxyl groups is 1. The van der Waals surface area contributed by atoms with Gasteiger partial charge in [-0.15, -0.1) is 0 Å². The number of hydrogen-bond donors (Lipinski definition) is 2. The smallest absolute Gasteiger partial charge is 0.317 e. The van der Waals surface area contributed by atoms with Gasteiger partial charge in [-0.05, 0) is 31.7 Å². The first-order valence-corrected chi connectivity index (χ1v) is 7.53. The van der Waals surface area contributed by atoms with Gasteiger partial charge in [0.2, 0.25) is 5.56 Å². The monoisotopic (exact) mass is 293 g/mol. The Morgan fingerprint density at radius 1 is 1.38 bits per heavy atom. The van der Waals surface area contributed by atoms with Crippen LogP contribution in [-0.4, -0.2) is 46.3 Å². The van der Waals surface area contributed by atoms with E-state index in [1.807, 2.05) is 6.07 Å². The minimum atomic E-state index is -0.0940. The number of aromatic nitrogens is 1. The summed E-state index contributed by atoms with van der Waals surface area (Å²) in [4.78, 5) is 25.2. The van der Waals surface area contributed by atoms with Crippen LogP contribution in [0.25, 0.3) is 0 Å². The van der Waals surface area contributed by atoms with Crippen LogP contribution < -0.4 is 10.9 Å². The Kier molecular flexibility index (Phi) is 5.80. The molecule has 0 aliphatic carbocycles. The van der Waals surface area contributed by atoms with Gasteiger partial charge in [0, 0.05) is 31.9 Å². The number of carbonyl (C=O) groups excluding carboxylic acids is 1. The number of amides is 2. The maximum absolute atomic E-state index is 12.0. The highest BCUT2D eigenvalue weighted by atomic mass is 16.3. The average molecular weight is 293 g/mol. The van der Waals surface area contributed by atoms with Crippen LogP contribution in [0.2, 0.25) is 0 Å². The first-order valence-electron chi connectivity index (χ1n) is 7.53. The summed E-state index contributed by atoms with van der Waals surface area (Å²) in [5, 5.41) is 12.1. The number of aliphatic hydroxyl groups excluding tert-OH is 1. The minimum Gasteiger partial charge on any atom is -0.394 e. The number of pyridine rings is 1. The van der Waals surface area contributed by atoms with Crippen molar-refractivity contribution in [3.63, 3.8) is 0 Å². The maximum Gasteiger partial charge on any atom is 0.317 e. The van der Waals surface area contributed by atoms with Gasteiger partial charge in [0.1, 0.15) is 0 Å². The normalized spacial score (nSPS) is 18.0. The fourth-order valence-corrected chi connectivity index (χ4v) is 2.64. The number of hydrogen-bond acceptors (Lipinski definition) is 3. The lowest BCUT2D eigenvalue weighted by Crippen LogP contribution is -2.44. The Morgan fingerprint density at radius 2 is 2.24 bits per heavy atom. The third kappa shape index (κ3) is 4.32. The summed E-state index contributed by atoms with van der Waals surface area (Å²) in [5.74, 6) is 0. The average Bonchev–Trinajstić information content (AvgIpc) is 2.97. The van der Waals surface area contributed by atoms with E-state index in [1.54, 1.807) is 27.8 Å². The Hall–Kier alpha value is -1.82. The molecule has 0 aromatic carbocycles. The van der Waals surface area contributed by atoms with Crippen LogP contribution in [0.1, 0.15) is 25.7 Å². The van der Waals surface area contributed by atoms with Crippen molar-refractivity contribution in [3.05, 3.63) is 34.7 Å². The fourth-order valence-electron chi connectivity index (χ4n) is 2.64. The number of carbonyl (C=O) groups is 1. The molecule has 1 aromatic rings. The third-order valence-electron chi connectivity index (χ3n) is 3.85. The summed E-state index contributed by atoms with van der Waals surface area (Å²) in [6.45, 7) is 2.01. The van der Waals surface area contributed by atoms with Crippen molar-refractivity contribution in [1.29, 1.82) is 0 Å². The Bertz CT molecular complexity index is 515. The second kappa shape index (κ2) is 7.83. The minimum absolute atomic E-state index is 0.00406. The summed E-state index contributed by atoms with van der Waals surface area (Å²) in [5.41, 5.74) is 0.00406. The van der Waals surface area contributed by atoms with Crippen LogP contribution >= 0.6 is 0 Å². The van der Waals surface area contributed by atoms with E-state index in [-0.39, 0.29) is 24.2 Å². The van der Waals surface area contributed by atoms with E-state index in [1.165, 1.54) is 0 Å². The molecule has 116 valence electrons. The molecule has 1 fully saturated rings. The molecule has 2 rings (SSSR count). The van der Waals surface area contributed by atoms with E-state index in [9.17, 15) is 14.7 Å². The zero-order valence-corrected chi connectivity index (χ0v) is 12.2. The van der Waals surface area contributed by atoms with Crippen molar-refractivity contribution in [1.82, 2.24) is 14.8 Å². The van der Waals surface area contributed by atoms with Gasteiger partial charge in [-0.1, -0.05) is 6.07 Å². The number of likely N-dealkylation sites (tertiary alicyclic amines) is 1. The molecule has 6 nitrogen and oxygen atoms in total. The molecule has 0 bridgehead atoms. The van der Waals surface area contributed by atoms with Gasteiger partial charge in [0.25, 0.3) is 0 Å². The lowest BCUT2D eigenvalue weighted by atomic mass is 10.2. The molecular weight excluding hydrogens is 270 g/mol. The van der Waals surface area contributed by atoms with Gasteiger partial charge in [-0.25, -0.2) is 4.79 Å². The predicted octanol–water partition coefficient (Wildman–Crippen LogP) is 0.795. The van der Waals surface area contributed by atoms with E-state index in [4.69, 9.17) is 0 Å². The predicted molar refractivity (Wildman–Crippen MR) is 80.1 cm³/mol. The van der Waals surface area contributed by atoms with Crippen LogP contribution in [-0.2, 0) is 6.54 Å². The topological polar surface area (TPSA) is 74.6 Å². The van der Waals surface area contributed by atoms with Gasteiger partial charge in [-0.2, -0.15) is 0 Å². The van der Waals surface area contributed by atoms with E-state index in [0.717, 1.165) is 32.2 Å². The molecule has 0 unspecified atom stereocenters. The molecule has 1 atom stereocenters. The number of nitrogens with zero attached hydrogens (tertiary/aromatic N) is 2. The van der Waals surface area contributed by atoms with Crippen molar-refractivity contribution in [2.45, 2.75) is 38.3 Å². The molecule has 1 aliphatic rings. The van der Waals surface area contributed by atoms with Crippen LogP contribution in [0.15, 0.2) is 29.2 Å². The number of nitrogens with one attached hydrogen (secondary N) is 1. The quantitative estimate of drug-likeness (QED) is 0.762. The van der Waals surface area contributed by atoms with Crippen LogP contribution in [0, 0.1) is 0 Å². The number of urea groups is 1. The van der Waals surface area contributed by atoms with E-state index in [2.05, 4.69) is 5.32 Å². The molecule has 2 heterocycles. The van der Waals surface area contributed by atoms with Crippen molar-refractivity contribution >= 4 is 6.03 Å².